The molecule has 0 aromatic heterocycles. The maximum absolute atomic E-state index is 10.8. The van der Waals surface area contributed by atoms with Crippen molar-refractivity contribution in [2.45, 2.75) is 0 Å². The van der Waals surface area contributed by atoms with Gasteiger partial charge in [-0.1, -0.05) is 12.1 Å². The number of ether oxygens (including phenoxy) is 2. The van der Waals surface area contributed by atoms with Gasteiger partial charge in [-0.3, -0.25) is 0 Å². The van der Waals surface area contributed by atoms with Crippen LogP contribution in [-0.2, 0) is 9.53 Å². The van der Waals surface area contributed by atoms with Crippen LogP contribution < -0.4 is 4.74 Å². The summed E-state index contributed by atoms with van der Waals surface area (Å²) in [4.78, 5) is 10.8. The number of carbonyl (C=O) groups excluding carboxylic acids is 1. The predicted octanol–water partition coefficient (Wildman–Crippen LogP) is 1.59. The second-order valence-electron chi connectivity index (χ2n) is 2.75. The zero-order chi connectivity index (χ0) is 11.3. The second-order valence-corrected chi connectivity index (χ2v) is 2.75. The first-order chi connectivity index (χ1) is 7.19. The number of hydrogen-bond donors (Lipinski definition) is 1. The quantitative estimate of drug-likeness (QED) is 0.605. The van der Waals surface area contributed by atoms with E-state index < -0.39 is 5.97 Å². The Morgan fingerprint density at radius 2 is 2.13 bits per heavy atom. The molecule has 1 N–H and O–H groups in total. The number of phenols is 1. The number of phenolic OH excluding ortho intramolecular Hbond substituents is 1. The minimum Gasteiger partial charge on any atom is -0.504 e. The molecular weight excluding hydrogens is 196 g/mol. The van der Waals surface area contributed by atoms with Crippen molar-refractivity contribution in [3.05, 3.63) is 29.8 Å². The van der Waals surface area contributed by atoms with Crippen molar-refractivity contribution in [2.24, 2.45) is 0 Å². The van der Waals surface area contributed by atoms with Crippen molar-refractivity contribution in [1.82, 2.24) is 0 Å². The monoisotopic (exact) mass is 208 g/mol. The Morgan fingerprint density at radius 3 is 2.73 bits per heavy atom. The van der Waals surface area contributed by atoms with Crippen LogP contribution in [0, 0.1) is 0 Å². The predicted molar refractivity (Wildman–Crippen MR) is 55.7 cm³/mol. The molecule has 0 aliphatic heterocycles. The highest BCUT2D eigenvalue weighted by Crippen LogP contribution is 2.29. The number of methoxy groups -OCH3 is 2. The molecule has 0 saturated heterocycles. The lowest BCUT2D eigenvalue weighted by Crippen LogP contribution is -1.93. The summed E-state index contributed by atoms with van der Waals surface area (Å²) in [6.45, 7) is 0. The summed E-state index contributed by atoms with van der Waals surface area (Å²) in [5.41, 5.74) is 0.500. The minimum atomic E-state index is -0.475. The molecule has 0 radical (unpaired) electrons. The van der Waals surface area contributed by atoms with E-state index in [9.17, 15) is 9.90 Å². The fourth-order valence-electron chi connectivity index (χ4n) is 1.06. The van der Waals surface area contributed by atoms with Crippen molar-refractivity contribution >= 4 is 12.0 Å². The van der Waals surface area contributed by atoms with Crippen LogP contribution in [0.3, 0.4) is 0 Å². The van der Waals surface area contributed by atoms with Gasteiger partial charge in [0.1, 0.15) is 0 Å². The molecule has 80 valence electrons. The molecule has 4 heteroatoms. The number of esters is 1. The zero-order valence-electron chi connectivity index (χ0n) is 8.56. The molecule has 0 fully saturated rings. The molecule has 0 saturated carbocycles. The lowest BCUT2D eigenvalue weighted by molar-refractivity contribution is -0.134. The number of carbonyl (C=O) groups is 1. The summed E-state index contributed by atoms with van der Waals surface area (Å²) >= 11 is 0. The maximum atomic E-state index is 10.8. The number of aromatic hydroxyl groups is 1. The van der Waals surface area contributed by atoms with Crippen molar-refractivity contribution in [3.63, 3.8) is 0 Å². The van der Waals surface area contributed by atoms with E-state index in [0.717, 1.165) is 0 Å². The summed E-state index contributed by atoms with van der Waals surface area (Å²) in [5, 5.41) is 9.65. The number of benzene rings is 1. The molecule has 0 amide bonds. The summed E-state index contributed by atoms with van der Waals surface area (Å²) in [7, 11) is 2.75. The van der Waals surface area contributed by atoms with Crippen molar-refractivity contribution in [1.29, 1.82) is 0 Å². The highest BCUT2D eigenvalue weighted by Gasteiger charge is 2.04. The average molecular weight is 208 g/mol. The second kappa shape index (κ2) is 5.05. The third-order valence-electron chi connectivity index (χ3n) is 1.85. The van der Waals surface area contributed by atoms with E-state index in [4.69, 9.17) is 4.74 Å². The first-order valence-corrected chi connectivity index (χ1v) is 4.31. The smallest absolute Gasteiger partial charge is 0.330 e. The fraction of sp³-hybridized carbons (Fsp3) is 0.182. The zero-order valence-corrected chi connectivity index (χ0v) is 8.56. The third kappa shape index (κ3) is 2.74. The van der Waals surface area contributed by atoms with Gasteiger partial charge in [-0.25, -0.2) is 4.79 Å². The van der Waals surface area contributed by atoms with Crippen molar-refractivity contribution in [2.75, 3.05) is 14.2 Å². The Balaban J connectivity index is 2.95. The maximum Gasteiger partial charge on any atom is 0.330 e. The lowest BCUT2D eigenvalue weighted by atomic mass is 10.1. The molecule has 1 rings (SSSR count). The number of rotatable bonds is 3. The van der Waals surface area contributed by atoms with E-state index in [0.29, 0.717) is 11.3 Å². The third-order valence-corrected chi connectivity index (χ3v) is 1.85. The molecule has 4 nitrogen and oxygen atoms in total. The fourth-order valence-corrected chi connectivity index (χ4v) is 1.06. The normalized spacial score (nSPS) is 10.3. The highest BCUT2D eigenvalue weighted by atomic mass is 16.5. The van der Waals surface area contributed by atoms with Gasteiger partial charge in [-0.05, 0) is 12.1 Å². The van der Waals surface area contributed by atoms with Crippen LogP contribution >= 0.6 is 0 Å². The van der Waals surface area contributed by atoms with Gasteiger partial charge in [-0.15, -0.1) is 0 Å². The summed E-state index contributed by atoms with van der Waals surface area (Å²) in [6, 6.07) is 5.01. The molecule has 0 bridgehead atoms. The van der Waals surface area contributed by atoms with Gasteiger partial charge in [0.15, 0.2) is 11.5 Å². The Hall–Kier alpha value is -1.97. The van der Waals surface area contributed by atoms with Gasteiger partial charge in [0.25, 0.3) is 0 Å². The molecule has 15 heavy (non-hydrogen) atoms. The summed E-state index contributed by atoms with van der Waals surface area (Å²) in [5.74, 6) is -0.112. The molecule has 0 atom stereocenters. The topological polar surface area (TPSA) is 55.8 Å². The van der Waals surface area contributed by atoms with Crippen molar-refractivity contribution < 1.29 is 19.4 Å². The van der Waals surface area contributed by atoms with Gasteiger partial charge in [-0.2, -0.15) is 0 Å². The first kappa shape index (κ1) is 11.1. The first-order valence-electron chi connectivity index (χ1n) is 4.31. The Kier molecular flexibility index (Phi) is 3.74. The highest BCUT2D eigenvalue weighted by molar-refractivity contribution is 5.87. The Bertz CT molecular complexity index is 382. The minimum absolute atomic E-state index is 0.000142. The lowest BCUT2D eigenvalue weighted by Gasteiger charge is -2.04. The summed E-state index contributed by atoms with van der Waals surface area (Å²) in [6.07, 6.45) is 2.69. The van der Waals surface area contributed by atoms with Gasteiger partial charge in [0, 0.05) is 11.6 Å². The summed E-state index contributed by atoms with van der Waals surface area (Å²) < 4.78 is 9.35. The molecule has 0 spiro atoms. The van der Waals surface area contributed by atoms with E-state index in [1.165, 1.54) is 26.4 Å². The van der Waals surface area contributed by atoms with E-state index >= 15 is 0 Å². The molecular formula is C11H12O4. The molecule has 0 unspecified atom stereocenters. The van der Waals surface area contributed by atoms with Crippen LogP contribution in [0.5, 0.6) is 11.5 Å². The largest absolute Gasteiger partial charge is 0.504 e. The van der Waals surface area contributed by atoms with Gasteiger partial charge < -0.3 is 14.6 Å². The Morgan fingerprint density at radius 1 is 1.40 bits per heavy atom. The number of para-hydroxylation sites is 1. The van der Waals surface area contributed by atoms with E-state index in [1.807, 2.05) is 0 Å². The van der Waals surface area contributed by atoms with E-state index in [-0.39, 0.29) is 5.75 Å². The SMILES string of the molecule is COC(=O)/C=C/c1cccc(OC)c1O. The molecule has 1 aromatic rings. The molecule has 0 aliphatic rings. The molecule has 0 aliphatic carbocycles. The van der Waals surface area contributed by atoms with Crippen molar-refractivity contribution in [3.8, 4) is 11.5 Å². The van der Waals surface area contributed by atoms with E-state index in [1.54, 1.807) is 18.2 Å². The molecule has 1 aromatic carbocycles. The van der Waals surface area contributed by atoms with Crippen LogP contribution in [0.4, 0.5) is 0 Å². The van der Waals surface area contributed by atoms with Crippen LogP contribution in [0.2, 0.25) is 0 Å². The van der Waals surface area contributed by atoms with Gasteiger partial charge in [0.2, 0.25) is 0 Å². The van der Waals surface area contributed by atoms with Crippen LogP contribution in [0.1, 0.15) is 5.56 Å². The molecule has 0 heterocycles. The standard InChI is InChI=1S/C11H12O4/c1-14-9-5-3-4-8(11(9)13)6-7-10(12)15-2/h3-7,13H,1-2H3/b7-6+. The van der Waals surface area contributed by atoms with Gasteiger partial charge >= 0.3 is 5.97 Å². The number of hydrogen-bond acceptors (Lipinski definition) is 4. The van der Waals surface area contributed by atoms with E-state index in [2.05, 4.69) is 4.74 Å². The average Bonchev–Trinajstić information content (AvgIpc) is 2.27. The van der Waals surface area contributed by atoms with Crippen LogP contribution in [0.15, 0.2) is 24.3 Å². The van der Waals surface area contributed by atoms with Gasteiger partial charge in [0.05, 0.1) is 14.2 Å². The van der Waals surface area contributed by atoms with Crippen LogP contribution in [-0.4, -0.2) is 25.3 Å². The van der Waals surface area contributed by atoms with Crippen LogP contribution in [0.25, 0.3) is 6.08 Å². The Labute approximate surface area is 87.7 Å².